The lowest BCUT2D eigenvalue weighted by Gasteiger charge is -2.18. The van der Waals surface area contributed by atoms with E-state index in [4.69, 9.17) is 0 Å². The van der Waals surface area contributed by atoms with Crippen molar-refractivity contribution in [1.29, 1.82) is 0 Å². The molecule has 0 fully saturated rings. The molecule has 8 heteroatoms. The van der Waals surface area contributed by atoms with Crippen LogP contribution in [0.4, 0.5) is 11.9 Å². The maximum atomic E-state index is 9.78. The summed E-state index contributed by atoms with van der Waals surface area (Å²) in [5.74, 6) is 1.30. The lowest BCUT2D eigenvalue weighted by molar-refractivity contribution is 0.0943. The summed E-state index contributed by atoms with van der Waals surface area (Å²) in [5.41, 5.74) is -0.852. The Bertz CT molecular complexity index is 562. The average molecular weight is 291 g/mol. The van der Waals surface area contributed by atoms with Gasteiger partial charge in [0.2, 0.25) is 11.9 Å². The monoisotopic (exact) mass is 291 g/mol. The Morgan fingerprint density at radius 3 is 2.48 bits per heavy atom. The first-order valence-electron chi connectivity index (χ1n) is 6.94. The second-order valence-corrected chi connectivity index (χ2v) is 5.33. The van der Waals surface area contributed by atoms with E-state index in [0.717, 1.165) is 13.0 Å². The Balaban J connectivity index is 2.24. The second-order valence-electron chi connectivity index (χ2n) is 5.33. The van der Waals surface area contributed by atoms with Gasteiger partial charge < -0.3 is 15.7 Å². The average Bonchev–Trinajstić information content (AvgIpc) is 2.96. The zero-order chi connectivity index (χ0) is 15.3. The number of rotatable bonds is 7. The van der Waals surface area contributed by atoms with Crippen LogP contribution in [0, 0.1) is 0 Å². The van der Waals surface area contributed by atoms with E-state index < -0.39 is 5.60 Å². The van der Waals surface area contributed by atoms with Crippen LogP contribution in [0.2, 0.25) is 0 Å². The van der Waals surface area contributed by atoms with Crippen LogP contribution in [0.15, 0.2) is 18.5 Å². The van der Waals surface area contributed by atoms with Gasteiger partial charge in [-0.3, -0.25) is 0 Å². The summed E-state index contributed by atoms with van der Waals surface area (Å²) in [7, 11) is 0. The number of hydrogen-bond acceptors (Lipinski definition) is 7. The van der Waals surface area contributed by atoms with Crippen LogP contribution in [0.3, 0.4) is 0 Å². The van der Waals surface area contributed by atoms with Crippen LogP contribution < -0.4 is 10.6 Å². The van der Waals surface area contributed by atoms with Gasteiger partial charge in [0, 0.05) is 25.5 Å². The Kier molecular flexibility index (Phi) is 4.69. The molecule has 0 aliphatic rings. The zero-order valence-corrected chi connectivity index (χ0v) is 12.5. The van der Waals surface area contributed by atoms with Crippen molar-refractivity contribution in [3.8, 4) is 5.95 Å². The molecular formula is C13H21N7O. The SMILES string of the molecule is CCCNc1nc(NCC(C)(C)O)nc(-n2cccn2)n1. The molecule has 0 aromatic carbocycles. The molecule has 0 radical (unpaired) electrons. The third kappa shape index (κ3) is 4.67. The number of aliphatic hydroxyl groups is 1. The van der Waals surface area contributed by atoms with E-state index >= 15 is 0 Å². The topological polar surface area (TPSA) is 101 Å². The summed E-state index contributed by atoms with van der Waals surface area (Å²) in [6.07, 6.45) is 4.39. The number of nitrogens with zero attached hydrogens (tertiary/aromatic N) is 5. The molecule has 8 nitrogen and oxygen atoms in total. The van der Waals surface area contributed by atoms with Crippen LogP contribution in [0.25, 0.3) is 5.95 Å². The highest BCUT2D eigenvalue weighted by Crippen LogP contribution is 2.10. The predicted octanol–water partition coefficient (Wildman–Crippen LogP) is 1.06. The van der Waals surface area contributed by atoms with Crippen molar-refractivity contribution in [2.75, 3.05) is 23.7 Å². The second kappa shape index (κ2) is 6.49. The molecule has 2 aromatic heterocycles. The third-order valence-corrected chi connectivity index (χ3v) is 2.55. The number of hydrogen-bond donors (Lipinski definition) is 3. The summed E-state index contributed by atoms with van der Waals surface area (Å²) in [6.45, 7) is 6.60. The minimum absolute atomic E-state index is 0.336. The van der Waals surface area contributed by atoms with Gasteiger partial charge in [-0.1, -0.05) is 6.92 Å². The van der Waals surface area contributed by atoms with Crippen molar-refractivity contribution in [3.05, 3.63) is 18.5 Å². The van der Waals surface area contributed by atoms with Crippen molar-refractivity contribution >= 4 is 11.9 Å². The maximum Gasteiger partial charge on any atom is 0.257 e. The molecule has 3 N–H and O–H groups in total. The summed E-state index contributed by atoms with van der Waals surface area (Å²) in [6, 6.07) is 1.80. The fourth-order valence-corrected chi connectivity index (χ4v) is 1.54. The van der Waals surface area contributed by atoms with Crippen LogP contribution in [0.5, 0.6) is 0 Å². The van der Waals surface area contributed by atoms with E-state index in [2.05, 4.69) is 37.6 Å². The van der Waals surface area contributed by atoms with E-state index in [1.165, 1.54) is 0 Å². The molecule has 0 amide bonds. The molecule has 0 aliphatic heterocycles. The van der Waals surface area contributed by atoms with E-state index in [9.17, 15) is 5.11 Å². The molecule has 2 aromatic rings. The van der Waals surface area contributed by atoms with Gasteiger partial charge in [-0.2, -0.15) is 20.1 Å². The largest absolute Gasteiger partial charge is 0.389 e. The van der Waals surface area contributed by atoms with Gasteiger partial charge in [-0.15, -0.1) is 0 Å². The Labute approximate surface area is 123 Å². The molecule has 114 valence electrons. The lowest BCUT2D eigenvalue weighted by atomic mass is 10.1. The van der Waals surface area contributed by atoms with Crippen molar-refractivity contribution in [2.24, 2.45) is 0 Å². The molecule has 0 atom stereocenters. The van der Waals surface area contributed by atoms with Crippen LogP contribution in [-0.2, 0) is 0 Å². The van der Waals surface area contributed by atoms with Crippen molar-refractivity contribution in [1.82, 2.24) is 24.7 Å². The minimum atomic E-state index is -0.852. The highest BCUT2D eigenvalue weighted by molar-refractivity contribution is 5.38. The lowest BCUT2D eigenvalue weighted by Crippen LogP contribution is -2.30. The van der Waals surface area contributed by atoms with Crippen molar-refractivity contribution in [2.45, 2.75) is 32.8 Å². The minimum Gasteiger partial charge on any atom is -0.389 e. The molecule has 0 spiro atoms. The molecule has 0 aliphatic carbocycles. The first-order chi connectivity index (χ1) is 9.98. The molecular weight excluding hydrogens is 270 g/mol. The fourth-order valence-electron chi connectivity index (χ4n) is 1.54. The normalized spacial score (nSPS) is 11.4. The van der Waals surface area contributed by atoms with Gasteiger partial charge in [0.15, 0.2) is 0 Å². The van der Waals surface area contributed by atoms with Gasteiger partial charge in [0.25, 0.3) is 5.95 Å². The highest BCUT2D eigenvalue weighted by atomic mass is 16.3. The molecule has 0 bridgehead atoms. The third-order valence-electron chi connectivity index (χ3n) is 2.55. The summed E-state index contributed by atoms with van der Waals surface area (Å²) in [5, 5.41) is 20.0. The molecule has 2 heterocycles. The van der Waals surface area contributed by atoms with Crippen molar-refractivity contribution in [3.63, 3.8) is 0 Å². The van der Waals surface area contributed by atoms with Crippen LogP contribution in [0.1, 0.15) is 27.2 Å². The van der Waals surface area contributed by atoms with Crippen LogP contribution >= 0.6 is 0 Å². The number of anilines is 2. The van der Waals surface area contributed by atoms with Gasteiger partial charge in [-0.05, 0) is 26.3 Å². The molecule has 0 saturated heterocycles. The van der Waals surface area contributed by atoms with Crippen molar-refractivity contribution < 1.29 is 5.11 Å². The standard InChI is InChI=1S/C13H21N7O/c1-4-6-14-10-17-11(15-9-13(2,3)21)19-12(18-10)20-8-5-7-16-20/h5,7-8,21H,4,6,9H2,1-3H3,(H2,14,15,17,18,19). The predicted molar refractivity (Wildman–Crippen MR) is 80.5 cm³/mol. The molecule has 0 saturated carbocycles. The number of nitrogens with one attached hydrogen (secondary N) is 2. The molecule has 2 rings (SSSR count). The van der Waals surface area contributed by atoms with E-state index in [1.807, 2.05) is 0 Å². The first-order valence-corrected chi connectivity index (χ1v) is 6.94. The number of aromatic nitrogens is 5. The van der Waals surface area contributed by atoms with Gasteiger partial charge >= 0.3 is 0 Å². The van der Waals surface area contributed by atoms with Gasteiger partial charge in [0.1, 0.15) is 0 Å². The highest BCUT2D eigenvalue weighted by Gasteiger charge is 2.14. The Morgan fingerprint density at radius 2 is 1.90 bits per heavy atom. The summed E-state index contributed by atoms with van der Waals surface area (Å²) in [4.78, 5) is 12.9. The van der Waals surface area contributed by atoms with Gasteiger partial charge in [-0.25, -0.2) is 4.68 Å². The molecule has 21 heavy (non-hydrogen) atoms. The Morgan fingerprint density at radius 1 is 1.19 bits per heavy atom. The quantitative estimate of drug-likeness (QED) is 0.701. The maximum absolute atomic E-state index is 9.78. The van der Waals surface area contributed by atoms with E-state index in [0.29, 0.717) is 24.4 Å². The van der Waals surface area contributed by atoms with E-state index in [-0.39, 0.29) is 0 Å². The summed E-state index contributed by atoms with van der Waals surface area (Å²) < 4.78 is 1.56. The van der Waals surface area contributed by atoms with Crippen LogP contribution in [-0.4, -0.2) is 48.5 Å². The fraction of sp³-hybridized carbons (Fsp3) is 0.538. The summed E-state index contributed by atoms with van der Waals surface area (Å²) >= 11 is 0. The van der Waals surface area contributed by atoms with E-state index in [1.54, 1.807) is 37.0 Å². The Hall–Kier alpha value is -2.22. The van der Waals surface area contributed by atoms with Gasteiger partial charge in [0.05, 0.1) is 5.60 Å². The first kappa shape index (κ1) is 15.2. The smallest absolute Gasteiger partial charge is 0.257 e. The molecule has 0 unspecified atom stereocenters. The zero-order valence-electron chi connectivity index (χ0n) is 12.5.